The van der Waals surface area contributed by atoms with E-state index in [1.807, 2.05) is 14.1 Å². The Kier molecular flexibility index (Phi) is 7.85. The molecule has 0 spiro atoms. The number of quaternary nitrogens is 1. The third kappa shape index (κ3) is 7.74. The molecule has 0 rings (SSSR count). The van der Waals surface area contributed by atoms with E-state index in [-0.39, 0.29) is 23.0 Å². The molecule has 0 aromatic rings. The molecular weight excluding hydrogens is 234 g/mol. The van der Waals surface area contributed by atoms with Crippen molar-refractivity contribution in [1.82, 2.24) is 0 Å². The molecule has 4 heteroatoms. The number of ether oxygens (including phenoxy) is 1. The lowest BCUT2D eigenvalue weighted by molar-refractivity contribution is -0.901. The SMILES string of the molecule is C=CC[N+](C)(C)COC(=O)C=C.[Br-]. The summed E-state index contributed by atoms with van der Waals surface area (Å²) in [5, 5.41) is 0. The summed E-state index contributed by atoms with van der Waals surface area (Å²) >= 11 is 0. The van der Waals surface area contributed by atoms with Gasteiger partial charge in [0.05, 0.1) is 20.6 Å². The first kappa shape index (κ1) is 14.9. The standard InChI is InChI=1S/C9H16NO2.BrH/c1-5-7-10(3,4)8-12-9(11)6-2;/h5-6H,1-2,7-8H2,3-4H3;1H/q+1;/p-1. The Labute approximate surface area is 90.0 Å². The third-order valence-electron chi connectivity index (χ3n) is 1.35. The van der Waals surface area contributed by atoms with Crippen LogP contribution in [0.15, 0.2) is 25.3 Å². The zero-order valence-electron chi connectivity index (χ0n) is 8.12. The molecule has 0 N–H and O–H groups in total. The van der Waals surface area contributed by atoms with E-state index in [2.05, 4.69) is 13.2 Å². The van der Waals surface area contributed by atoms with Gasteiger partial charge in [0.25, 0.3) is 0 Å². The molecule has 13 heavy (non-hydrogen) atoms. The molecule has 0 aromatic carbocycles. The molecule has 0 saturated carbocycles. The first-order chi connectivity index (χ1) is 5.52. The quantitative estimate of drug-likeness (QED) is 0.184. The van der Waals surface area contributed by atoms with Crippen LogP contribution in [-0.2, 0) is 9.53 Å². The summed E-state index contributed by atoms with van der Waals surface area (Å²) in [7, 11) is 3.91. The summed E-state index contributed by atoms with van der Waals surface area (Å²) in [6, 6.07) is 0. The summed E-state index contributed by atoms with van der Waals surface area (Å²) in [4.78, 5) is 10.7. The van der Waals surface area contributed by atoms with Crippen LogP contribution in [0.4, 0.5) is 0 Å². The Morgan fingerprint density at radius 1 is 1.46 bits per heavy atom. The van der Waals surface area contributed by atoms with Crippen molar-refractivity contribution in [2.75, 3.05) is 27.4 Å². The van der Waals surface area contributed by atoms with Crippen LogP contribution in [0.5, 0.6) is 0 Å². The molecule has 0 unspecified atom stereocenters. The number of carbonyl (C=O) groups is 1. The van der Waals surface area contributed by atoms with E-state index < -0.39 is 0 Å². The molecule has 3 nitrogen and oxygen atoms in total. The van der Waals surface area contributed by atoms with Crippen LogP contribution in [0.25, 0.3) is 0 Å². The summed E-state index contributed by atoms with van der Waals surface area (Å²) in [5.74, 6) is -0.384. The minimum absolute atomic E-state index is 0. The van der Waals surface area contributed by atoms with Gasteiger partial charge in [-0.3, -0.25) is 4.48 Å². The van der Waals surface area contributed by atoms with E-state index in [1.54, 1.807) is 6.08 Å². The Bertz CT molecular complexity index is 190. The van der Waals surface area contributed by atoms with Crippen molar-refractivity contribution in [2.24, 2.45) is 0 Å². The topological polar surface area (TPSA) is 26.3 Å². The first-order valence-corrected chi connectivity index (χ1v) is 3.74. The summed E-state index contributed by atoms with van der Waals surface area (Å²) in [6.07, 6.45) is 2.95. The Morgan fingerprint density at radius 3 is 2.38 bits per heavy atom. The number of halogens is 1. The maximum Gasteiger partial charge on any atom is 0.334 e. The van der Waals surface area contributed by atoms with Gasteiger partial charge in [0.1, 0.15) is 0 Å². The molecule has 76 valence electrons. The first-order valence-electron chi connectivity index (χ1n) is 3.74. The van der Waals surface area contributed by atoms with E-state index in [4.69, 9.17) is 4.74 Å². The summed E-state index contributed by atoms with van der Waals surface area (Å²) in [6.45, 7) is 8.03. The summed E-state index contributed by atoms with van der Waals surface area (Å²) < 4.78 is 5.46. The van der Waals surface area contributed by atoms with Crippen molar-refractivity contribution >= 4 is 5.97 Å². The van der Waals surface area contributed by atoms with Gasteiger partial charge in [-0.15, -0.1) is 0 Å². The largest absolute Gasteiger partial charge is 1.00 e. The number of hydrogen-bond acceptors (Lipinski definition) is 2. The van der Waals surface area contributed by atoms with Gasteiger partial charge in [0.15, 0.2) is 0 Å². The molecule has 0 bridgehead atoms. The van der Waals surface area contributed by atoms with Crippen LogP contribution in [-0.4, -0.2) is 37.8 Å². The van der Waals surface area contributed by atoms with E-state index in [1.165, 1.54) is 0 Å². The monoisotopic (exact) mass is 249 g/mol. The van der Waals surface area contributed by atoms with Gasteiger partial charge in [-0.2, -0.15) is 0 Å². The number of hydrogen-bond donors (Lipinski definition) is 0. The highest BCUT2D eigenvalue weighted by molar-refractivity contribution is 5.81. The number of rotatable bonds is 5. The van der Waals surface area contributed by atoms with Crippen molar-refractivity contribution in [3.63, 3.8) is 0 Å². The van der Waals surface area contributed by atoms with Crippen LogP contribution < -0.4 is 17.0 Å². The lowest BCUT2D eigenvalue weighted by Gasteiger charge is -2.26. The smallest absolute Gasteiger partial charge is 0.334 e. The highest BCUT2D eigenvalue weighted by atomic mass is 79.9. The van der Waals surface area contributed by atoms with Gasteiger partial charge in [-0.05, 0) is 6.08 Å². The minimum atomic E-state index is -0.384. The predicted molar refractivity (Wildman–Crippen MR) is 48.3 cm³/mol. The van der Waals surface area contributed by atoms with Gasteiger partial charge < -0.3 is 21.7 Å². The van der Waals surface area contributed by atoms with Crippen molar-refractivity contribution in [1.29, 1.82) is 0 Å². The lowest BCUT2D eigenvalue weighted by Crippen LogP contribution is -3.00. The zero-order valence-corrected chi connectivity index (χ0v) is 9.71. The summed E-state index contributed by atoms with van der Waals surface area (Å²) in [5.41, 5.74) is 0. The number of esters is 1. The molecule has 0 radical (unpaired) electrons. The Balaban J connectivity index is 0. The van der Waals surface area contributed by atoms with Gasteiger partial charge in [0, 0.05) is 6.08 Å². The van der Waals surface area contributed by atoms with Crippen molar-refractivity contribution < 1.29 is 31.0 Å². The molecule has 0 saturated heterocycles. The molecule has 0 aliphatic rings. The second kappa shape index (κ2) is 6.86. The highest BCUT2D eigenvalue weighted by Gasteiger charge is 2.13. The lowest BCUT2D eigenvalue weighted by atomic mass is 10.5. The van der Waals surface area contributed by atoms with E-state index >= 15 is 0 Å². The minimum Gasteiger partial charge on any atom is -1.00 e. The molecule has 0 atom stereocenters. The normalized spacial score (nSPS) is 9.69. The van der Waals surface area contributed by atoms with Crippen LogP contribution >= 0.6 is 0 Å². The van der Waals surface area contributed by atoms with Crippen LogP contribution in [0.2, 0.25) is 0 Å². The number of carbonyl (C=O) groups excluding carboxylic acids is 1. The second-order valence-corrected chi connectivity index (χ2v) is 3.20. The van der Waals surface area contributed by atoms with Crippen LogP contribution in [0, 0.1) is 0 Å². The third-order valence-corrected chi connectivity index (χ3v) is 1.35. The Hall–Kier alpha value is -0.610. The number of likely N-dealkylation sites (N-methyl/N-ethyl adjacent to an activating group) is 1. The predicted octanol–water partition coefficient (Wildman–Crippen LogP) is -2.06. The van der Waals surface area contributed by atoms with Crippen molar-refractivity contribution in [3.8, 4) is 0 Å². The second-order valence-electron chi connectivity index (χ2n) is 3.20. The highest BCUT2D eigenvalue weighted by Crippen LogP contribution is 1.97. The average Bonchev–Trinajstić information content (AvgIpc) is 2.00. The molecule has 0 aromatic heterocycles. The fourth-order valence-electron chi connectivity index (χ4n) is 0.699. The zero-order chi connectivity index (χ0) is 9.61. The number of nitrogens with zero attached hydrogens (tertiary/aromatic N) is 1. The van der Waals surface area contributed by atoms with Crippen LogP contribution in [0.1, 0.15) is 0 Å². The molecule has 0 amide bonds. The van der Waals surface area contributed by atoms with E-state index in [0.717, 1.165) is 12.6 Å². The van der Waals surface area contributed by atoms with Crippen LogP contribution in [0.3, 0.4) is 0 Å². The molecule has 0 heterocycles. The van der Waals surface area contributed by atoms with Crippen molar-refractivity contribution in [2.45, 2.75) is 0 Å². The molecule has 0 aliphatic heterocycles. The Morgan fingerprint density at radius 2 is 2.00 bits per heavy atom. The van der Waals surface area contributed by atoms with Gasteiger partial charge in [-0.1, -0.05) is 13.2 Å². The molecular formula is C9H16BrNO2. The van der Waals surface area contributed by atoms with Crippen molar-refractivity contribution in [3.05, 3.63) is 25.3 Å². The van der Waals surface area contributed by atoms with Gasteiger partial charge >= 0.3 is 5.97 Å². The molecule has 0 fully saturated rings. The average molecular weight is 250 g/mol. The maximum atomic E-state index is 10.7. The van der Waals surface area contributed by atoms with E-state index in [9.17, 15) is 4.79 Å². The molecule has 0 aliphatic carbocycles. The maximum absolute atomic E-state index is 10.7. The van der Waals surface area contributed by atoms with E-state index in [0.29, 0.717) is 11.2 Å². The fourth-order valence-corrected chi connectivity index (χ4v) is 0.699. The fraction of sp³-hybridized carbons (Fsp3) is 0.444. The van der Waals surface area contributed by atoms with Gasteiger partial charge in [0.2, 0.25) is 6.73 Å². The van der Waals surface area contributed by atoms with Gasteiger partial charge in [-0.25, -0.2) is 4.79 Å².